The maximum absolute atomic E-state index is 12.5. The van der Waals surface area contributed by atoms with Crippen molar-refractivity contribution < 1.29 is 18.3 Å². The van der Waals surface area contributed by atoms with E-state index in [1.807, 2.05) is 0 Å². The van der Waals surface area contributed by atoms with Crippen molar-refractivity contribution >= 4 is 27.3 Å². The molecule has 9 heteroatoms. The molecule has 0 aliphatic heterocycles. The quantitative estimate of drug-likeness (QED) is 0.829. The molecule has 0 bridgehead atoms. The number of H-pyrrole nitrogens is 1. The summed E-state index contributed by atoms with van der Waals surface area (Å²) in [7, 11) is -4.02. The lowest BCUT2D eigenvalue weighted by Gasteiger charge is -2.32. The van der Waals surface area contributed by atoms with E-state index in [0.29, 0.717) is 11.3 Å². The van der Waals surface area contributed by atoms with Gasteiger partial charge in [0.1, 0.15) is 5.54 Å². The van der Waals surface area contributed by atoms with Gasteiger partial charge in [0, 0.05) is 12.2 Å². The van der Waals surface area contributed by atoms with Crippen LogP contribution in [0.2, 0.25) is 0 Å². The van der Waals surface area contributed by atoms with Crippen molar-refractivity contribution in [3.05, 3.63) is 15.4 Å². The number of thiazole rings is 1. The largest absolute Gasteiger partial charge is 0.480 e. The average molecular weight is 308 g/mol. The zero-order valence-electron chi connectivity index (χ0n) is 11.1. The smallest absolute Gasteiger partial charge is 0.324 e. The summed E-state index contributed by atoms with van der Waals surface area (Å²) >= 11 is 0.559. The van der Waals surface area contributed by atoms with Crippen molar-refractivity contribution in [2.75, 3.05) is 6.54 Å². The van der Waals surface area contributed by atoms with Gasteiger partial charge >= 0.3 is 10.8 Å². The number of nitrogens with zero attached hydrogens (tertiary/aromatic N) is 1. The molecule has 1 aromatic rings. The van der Waals surface area contributed by atoms with Gasteiger partial charge in [-0.05, 0) is 20.8 Å². The molecule has 7 nitrogen and oxygen atoms in total. The summed E-state index contributed by atoms with van der Waals surface area (Å²) in [5.41, 5.74) is -1.37. The van der Waals surface area contributed by atoms with E-state index in [2.05, 4.69) is 4.98 Å². The number of aliphatic carboxylic acids is 1. The van der Waals surface area contributed by atoms with Crippen LogP contribution in [0.1, 0.15) is 26.5 Å². The van der Waals surface area contributed by atoms with E-state index >= 15 is 0 Å². The molecular formula is C10H16N2O5S2. The highest BCUT2D eigenvalue weighted by molar-refractivity contribution is 7.91. The third-order valence-electron chi connectivity index (χ3n) is 2.74. The summed E-state index contributed by atoms with van der Waals surface area (Å²) in [5, 5.41) is 9.16. The van der Waals surface area contributed by atoms with Gasteiger partial charge in [-0.15, -0.1) is 0 Å². The number of sulfonamides is 1. The summed E-state index contributed by atoms with van der Waals surface area (Å²) < 4.78 is 25.7. The van der Waals surface area contributed by atoms with Crippen molar-refractivity contribution in [2.24, 2.45) is 0 Å². The second-order valence-corrected chi connectivity index (χ2v) is 7.50. The summed E-state index contributed by atoms with van der Waals surface area (Å²) in [4.78, 5) is 24.3. The van der Waals surface area contributed by atoms with E-state index in [1.165, 1.54) is 20.8 Å². The Morgan fingerprint density at radius 1 is 1.47 bits per heavy atom. The third-order valence-corrected chi connectivity index (χ3v) is 6.47. The van der Waals surface area contributed by atoms with Gasteiger partial charge in [0.2, 0.25) is 0 Å². The molecule has 19 heavy (non-hydrogen) atoms. The van der Waals surface area contributed by atoms with Crippen LogP contribution in [-0.4, -0.2) is 40.9 Å². The van der Waals surface area contributed by atoms with Crippen LogP contribution in [0, 0.1) is 6.92 Å². The summed E-state index contributed by atoms with van der Waals surface area (Å²) in [6, 6.07) is 0. The first-order chi connectivity index (χ1) is 8.55. The molecule has 0 aromatic carbocycles. The maximum Gasteiger partial charge on any atom is 0.324 e. The van der Waals surface area contributed by atoms with Gasteiger partial charge in [-0.25, -0.2) is 8.42 Å². The molecule has 0 amide bonds. The van der Waals surface area contributed by atoms with Crippen LogP contribution in [-0.2, 0) is 14.8 Å². The number of aromatic nitrogens is 1. The molecule has 108 valence electrons. The molecule has 2 N–H and O–H groups in total. The molecule has 0 fully saturated rings. The Bertz CT molecular complexity index is 641. The molecular weight excluding hydrogens is 292 g/mol. The fourth-order valence-electron chi connectivity index (χ4n) is 1.71. The number of hydrogen-bond donors (Lipinski definition) is 2. The molecule has 0 radical (unpaired) electrons. The fourth-order valence-corrected chi connectivity index (χ4v) is 4.86. The van der Waals surface area contributed by atoms with Gasteiger partial charge < -0.3 is 10.1 Å². The maximum atomic E-state index is 12.5. The molecule has 0 spiro atoms. The van der Waals surface area contributed by atoms with Gasteiger partial charge in [0.15, 0.2) is 4.21 Å². The first-order valence-electron chi connectivity index (χ1n) is 5.51. The molecule has 1 rings (SSSR count). The van der Waals surface area contributed by atoms with Crippen LogP contribution in [0.25, 0.3) is 0 Å². The van der Waals surface area contributed by atoms with Crippen molar-refractivity contribution in [3.63, 3.8) is 0 Å². The van der Waals surface area contributed by atoms with E-state index in [-0.39, 0.29) is 16.4 Å². The van der Waals surface area contributed by atoms with Crippen LogP contribution in [0.4, 0.5) is 0 Å². The Morgan fingerprint density at radius 3 is 2.32 bits per heavy atom. The van der Waals surface area contributed by atoms with E-state index in [4.69, 9.17) is 5.11 Å². The summed E-state index contributed by atoms with van der Waals surface area (Å²) in [6.45, 7) is 5.62. The van der Waals surface area contributed by atoms with Crippen molar-refractivity contribution in [3.8, 4) is 0 Å². The van der Waals surface area contributed by atoms with Crippen LogP contribution < -0.4 is 4.87 Å². The Balaban J connectivity index is 3.44. The van der Waals surface area contributed by atoms with Crippen molar-refractivity contribution in [1.82, 2.24) is 9.29 Å². The monoisotopic (exact) mass is 308 g/mol. The lowest BCUT2D eigenvalue weighted by Crippen LogP contribution is -2.52. The van der Waals surface area contributed by atoms with Crippen LogP contribution >= 0.6 is 11.3 Å². The van der Waals surface area contributed by atoms with Gasteiger partial charge in [-0.3, -0.25) is 9.59 Å². The number of hydrogen-bond acceptors (Lipinski definition) is 5. The number of nitrogens with one attached hydrogen (secondary N) is 1. The Labute approximate surface area is 114 Å². The van der Waals surface area contributed by atoms with Crippen molar-refractivity contribution in [2.45, 2.75) is 37.4 Å². The third kappa shape index (κ3) is 2.72. The molecule has 0 unspecified atom stereocenters. The van der Waals surface area contributed by atoms with Gasteiger partial charge in [-0.2, -0.15) is 4.31 Å². The minimum absolute atomic E-state index is 0.00678. The summed E-state index contributed by atoms with van der Waals surface area (Å²) in [5.74, 6) is -1.25. The molecule has 0 aliphatic carbocycles. The molecule has 0 saturated carbocycles. The zero-order chi connectivity index (χ0) is 15.0. The Hall–Kier alpha value is -1.19. The summed E-state index contributed by atoms with van der Waals surface area (Å²) in [6.07, 6.45) is 0. The van der Waals surface area contributed by atoms with Crippen LogP contribution in [0.15, 0.2) is 9.00 Å². The highest BCUT2D eigenvalue weighted by Crippen LogP contribution is 2.27. The van der Waals surface area contributed by atoms with Gasteiger partial charge in [0.25, 0.3) is 10.0 Å². The van der Waals surface area contributed by atoms with Crippen molar-refractivity contribution in [1.29, 1.82) is 0 Å². The van der Waals surface area contributed by atoms with Crippen LogP contribution in [0.5, 0.6) is 0 Å². The molecule has 0 saturated heterocycles. The minimum Gasteiger partial charge on any atom is -0.480 e. The SMILES string of the molecule is CCN(C(C)(C)C(=O)O)S(=O)(=O)c1sc(=O)[nH]c1C. The van der Waals surface area contributed by atoms with E-state index in [0.717, 1.165) is 4.31 Å². The van der Waals surface area contributed by atoms with Crippen LogP contribution in [0.3, 0.4) is 0 Å². The topological polar surface area (TPSA) is 108 Å². The number of carbonyl (C=O) groups is 1. The number of carboxylic acid groups (broad SMARTS) is 1. The average Bonchev–Trinajstić information content (AvgIpc) is 2.58. The number of aromatic amines is 1. The van der Waals surface area contributed by atoms with Gasteiger partial charge in [0.05, 0.1) is 0 Å². The molecule has 0 atom stereocenters. The predicted molar refractivity (Wildman–Crippen MR) is 71.0 cm³/mol. The number of likely N-dealkylation sites (N-methyl/N-ethyl adjacent to an activating group) is 1. The lowest BCUT2D eigenvalue weighted by atomic mass is 10.1. The second-order valence-electron chi connectivity index (χ2n) is 4.46. The lowest BCUT2D eigenvalue weighted by molar-refractivity contribution is -0.146. The van der Waals surface area contributed by atoms with E-state index in [1.54, 1.807) is 6.92 Å². The molecule has 1 aromatic heterocycles. The Morgan fingerprint density at radius 2 is 2.00 bits per heavy atom. The zero-order valence-corrected chi connectivity index (χ0v) is 12.7. The highest BCUT2D eigenvalue weighted by Gasteiger charge is 2.43. The fraction of sp³-hybridized carbons (Fsp3) is 0.600. The van der Waals surface area contributed by atoms with E-state index < -0.39 is 26.4 Å². The standard InChI is InChI=1S/C10H16N2O5S2/c1-5-12(10(3,4)8(13)14)19(16,17)7-6(2)11-9(15)18-7/h5H2,1-4H3,(H,11,15)(H,13,14). The number of rotatable bonds is 5. The highest BCUT2D eigenvalue weighted by atomic mass is 32.2. The van der Waals surface area contributed by atoms with Gasteiger partial charge in [-0.1, -0.05) is 18.3 Å². The Kier molecular flexibility index (Phi) is 4.23. The van der Waals surface area contributed by atoms with E-state index in [9.17, 15) is 18.0 Å². The normalized spacial score (nSPS) is 12.9. The first kappa shape index (κ1) is 15.9. The molecule has 1 heterocycles. The minimum atomic E-state index is -4.02. The first-order valence-corrected chi connectivity index (χ1v) is 7.76. The molecule has 0 aliphatic rings. The predicted octanol–water partition coefficient (Wildman–Crippen LogP) is 0.619. The number of carboxylic acids is 1. The number of aryl methyl sites for hydroxylation is 1. The second kappa shape index (κ2) is 5.06.